The van der Waals surface area contributed by atoms with Crippen LogP contribution in [0.1, 0.15) is 45.1 Å². The van der Waals surface area contributed by atoms with Gasteiger partial charge in [-0.05, 0) is 43.0 Å². The Labute approximate surface area is 191 Å². The van der Waals surface area contributed by atoms with Crippen LogP contribution in [0.25, 0.3) is 0 Å². The van der Waals surface area contributed by atoms with Gasteiger partial charge in [-0.2, -0.15) is 0 Å². The van der Waals surface area contributed by atoms with Crippen molar-refractivity contribution in [2.45, 2.75) is 45.6 Å². The molecule has 0 aliphatic carbocycles. The molecular weight excluding hydrogens is 404 g/mol. The second-order valence-corrected chi connectivity index (χ2v) is 8.42. The molecule has 0 spiro atoms. The van der Waals surface area contributed by atoms with Gasteiger partial charge >= 0.3 is 0 Å². The van der Waals surface area contributed by atoms with Gasteiger partial charge in [0.15, 0.2) is 6.10 Å². The summed E-state index contributed by atoms with van der Waals surface area (Å²) in [5.41, 5.74) is 1.10. The van der Waals surface area contributed by atoms with Crippen LogP contribution in [0, 0.1) is 0 Å². The second-order valence-electron chi connectivity index (χ2n) is 8.42. The van der Waals surface area contributed by atoms with Gasteiger partial charge in [-0.25, -0.2) is 0 Å². The first-order valence-corrected chi connectivity index (χ1v) is 11.5. The van der Waals surface area contributed by atoms with Crippen molar-refractivity contribution in [3.63, 3.8) is 0 Å². The highest BCUT2D eigenvalue weighted by Crippen LogP contribution is 2.27. The summed E-state index contributed by atoms with van der Waals surface area (Å²) in [6.45, 7) is 8.70. The number of ether oxygens (including phenoxy) is 2. The molecule has 0 N–H and O–H groups in total. The molecule has 2 aromatic rings. The van der Waals surface area contributed by atoms with E-state index in [1.807, 2.05) is 59.5 Å². The molecule has 0 radical (unpaired) electrons. The molecular formula is C26H34N2O4. The second kappa shape index (κ2) is 11.6. The van der Waals surface area contributed by atoms with Gasteiger partial charge in [0, 0.05) is 32.6 Å². The average molecular weight is 439 g/mol. The number of para-hydroxylation sites is 2. The first-order chi connectivity index (χ1) is 15.5. The fourth-order valence-electron chi connectivity index (χ4n) is 3.83. The molecule has 1 atom stereocenters. The largest absolute Gasteiger partial charge is 0.494 e. The summed E-state index contributed by atoms with van der Waals surface area (Å²) in [6, 6.07) is 17.5. The Hall–Kier alpha value is -3.02. The topological polar surface area (TPSA) is 59.1 Å². The third-order valence-electron chi connectivity index (χ3n) is 5.68. The highest BCUT2D eigenvalue weighted by atomic mass is 16.5. The van der Waals surface area contributed by atoms with Crippen LogP contribution in [0.3, 0.4) is 0 Å². The smallest absolute Gasteiger partial charge is 0.263 e. The standard InChI is InChI=1S/C26H34N2O4/c1-20(2)23-12-7-8-13-24(23)32-21(3)26(30)28-17-15-27(16-18-28)25(29)14-9-19-31-22-10-5-4-6-11-22/h4-8,10-13,20-21H,9,14-19H2,1-3H3. The Kier molecular flexibility index (Phi) is 8.54. The number of carbonyl (C=O) groups is 2. The van der Waals surface area contributed by atoms with E-state index < -0.39 is 6.10 Å². The monoisotopic (exact) mass is 438 g/mol. The van der Waals surface area contributed by atoms with Crippen molar-refractivity contribution in [2.75, 3.05) is 32.8 Å². The summed E-state index contributed by atoms with van der Waals surface area (Å²) < 4.78 is 11.7. The van der Waals surface area contributed by atoms with Crippen molar-refractivity contribution in [1.29, 1.82) is 0 Å². The SMILES string of the molecule is CC(Oc1ccccc1C(C)C)C(=O)N1CCN(C(=O)CCCOc2ccccc2)CC1. The molecule has 6 nitrogen and oxygen atoms in total. The summed E-state index contributed by atoms with van der Waals surface area (Å²) in [6.07, 6.45) is 0.562. The van der Waals surface area contributed by atoms with E-state index in [-0.39, 0.29) is 11.8 Å². The molecule has 3 rings (SSSR count). The van der Waals surface area contributed by atoms with Crippen LogP contribution >= 0.6 is 0 Å². The zero-order chi connectivity index (χ0) is 22.9. The molecule has 6 heteroatoms. The molecule has 172 valence electrons. The van der Waals surface area contributed by atoms with Crippen molar-refractivity contribution >= 4 is 11.8 Å². The van der Waals surface area contributed by atoms with Crippen LogP contribution in [0.4, 0.5) is 0 Å². The zero-order valence-electron chi connectivity index (χ0n) is 19.3. The van der Waals surface area contributed by atoms with Crippen molar-refractivity contribution in [3.8, 4) is 11.5 Å². The van der Waals surface area contributed by atoms with E-state index in [1.165, 1.54) is 0 Å². The molecule has 2 aromatic carbocycles. The number of carbonyl (C=O) groups excluding carboxylic acids is 2. The predicted molar refractivity (Wildman–Crippen MR) is 125 cm³/mol. The Morgan fingerprint density at radius 2 is 1.50 bits per heavy atom. The van der Waals surface area contributed by atoms with Gasteiger partial charge in [0.25, 0.3) is 5.91 Å². The van der Waals surface area contributed by atoms with Gasteiger partial charge in [0.1, 0.15) is 11.5 Å². The lowest BCUT2D eigenvalue weighted by Gasteiger charge is -2.36. The van der Waals surface area contributed by atoms with Crippen LogP contribution in [0.2, 0.25) is 0 Å². The maximum absolute atomic E-state index is 12.9. The van der Waals surface area contributed by atoms with Gasteiger partial charge in [0.05, 0.1) is 6.61 Å². The van der Waals surface area contributed by atoms with Crippen LogP contribution < -0.4 is 9.47 Å². The maximum atomic E-state index is 12.9. The van der Waals surface area contributed by atoms with Crippen molar-refractivity contribution < 1.29 is 19.1 Å². The first-order valence-electron chi connectivity index (χ1n) is 11.5. The number of rotatable bonds is 9. The van der Waals surface area contributed by atoms with Gasteiger partial charge in [0.2, 0.25) is 5.91 Å². The predicted octanol–water partition coefficient (Wildman–Crippen LogP) is 4.11. The Balaban J connectivity index is 1.40. The highest BCUT2D eigenvalue weighted by molar-refractivity contribution is 5.81. The van der Waals surface area contributed by atoms with E-state index in [2.05, 4.69) is 13.8 Å². The molecule has 1 unspecified atom stereocenters. The molecule has 2 amide bonds. The van der Waals surface area contributed by atoms with E-state index in [0.29, 0.717) is 51.5 Å². The molecule has 1 aliphatic heterocycles. The highest BCUT2D eigenvalue weighted by Gasteiger charge is 2.28. The minimum atomic E-state index is -0.563. The van der Waals surface area contributed by atoms with E-state index >= 15 is 0 Å². The van der Waals surface area contributed by atoms with E-state index in [0.717, 1.165) is 17.1 Å². The first kappa shape index (κ1) is 23.6. The van der Waals surface area contributed by atoms with Gasteiger partial charge in [-0.15, -0.1) is 0 Å². The van der Waals surface area contributed by atoms with Crippen LogP contribution in [-0.4, -0.2) is 60.5 Å². The lowest BCUT2D eigenvalue weighted by atomic mass is 10.0. The van der Waals surface area contributed by atoms with Crippen LogP contribution in [0.15, 0.2) is 54.6 Å². The lowest BCUT2D eigenvalue weighted by molar-refractivity contribution is -0.143. The summed E-state index contributed by atoms with van der Waals surface area (Å²) in [5, 5.41) is 0. The molecule has 1 aliphatic rings. The Morgan fingerprint density at radius 1 is 0.875 bits per heavy atom. The number of hydrogen-bond acceptors (Lipinski definition) is 4. The number of nitrogens with zero attached hydrogens (tertiary/aromatic N) is 2. The summed E-state index contributed by atoms with van der Waals surface area (Å²) >= 11 is 0. The lowest BCUT2D eigenvalue weighted by Crippen LogP contribution is -2.53. The Bertz CT molecular complexity index is 876. The molecule has 1 fully saturated rings. The van der Waals surface area contributed by atoms with E-state index in [9.17, 15) is 9.59 Å². The van der Waals surface area contributed by atoms with Gasteiger partial charge in [-0.1, -0.05) is 50.2 Å². The van der Waals surface area contributed by atoms with Crippen LogP contribution in [-0.2, 0) is 9.59 Å². The number of benzene rings is 2. The molecule has 1 heterocycles. The normalized spacial score (nSPS) is 14.9. The average Bonchev–Trinajstić information content (AvgIpc) is 2.82. The molecule has 1 saturated heterocycles. The summed E-state index contributed by atoms with van der Waals surface area (Å²) in [5.74, 6) is 1.98. The zero-order valence-corrected chi connectivity index (χ0v) is 19.3. The Morgan fingerprint density at radius 3 is 2.19 bits per heavy atom. The quantitative estimate of drug-likeness (QED) is 0.553. The maximum Gasteiger partial charge on any atom is 0.263 e. The number of hydrogen-bond donors (Lipinski definition) is 0. The fourth-order valence-corrected chi connectivity index (χ4v) is 3.83. The summed E-state index contributed by atoms with van der Waals surface area (Å²) in [4.78, 5) is 29.0. The van der Waals surface area contributed by atoms with E-state index in [1.54, 1.807) is 11.8 Å². The third-order valence-corrected chi connectivity index (χ3v) is 5.68. The fraction of sp³-hybridized carbons (Fsp3) is 0.462. The minimum absolute atomic E-state index is 0.0353. The molecule has 32 heavy (non-hydrogen) atoms. The number of amides is 2. The van der Waals surface area contributed by atoms with Crippen molar-refractivity contribution in [1.82, 2.24) is 9.80 Å². The third kappa shape index (κ3) is 6.49. The van der Waals surface area contributed by atoms with Crippen molar-refractivity contribution in [3.05, 3.63) is 60.2 Å². The molecule has 0 aromatic heterocycles. The van der Waals surface area contributed by atoms with Gasteiger partial charge in [-0.3, -0.25) is 9.59 Å². The molecule has 0 bridgehead atoms. The van der Waals surface area contributed by atoms with Crippen LogP contribution in [0.5, 0.6) is 11.5 Å². The van der Waals surface area contributed by atoms with Crippen molar-refractivity contribution in [2.24, 2.45) is 0 Å². The number of piperazine rings is 1. The minimum Gasteiger partial charge on any atom is -0.494 e. The summed E-state index contributed by atoms with van der Waals surface area (Å²) in [7, 11) is 0. The molecule has 0 saturated carbocycles. The van der Waals surface area contributed by atoms with Gasteiger partial charge < -0.3 is 19.3 Å². The van der Waals surface area contributed by atoms with E-state index in [4.69, 9.17) is 9.47 Å².